The number of nitrogens with one attached hydrogen (secondary N) is 2. The van der Waals surface area contributed by atoms with Crippen molar-refractivity contribution in [3.05, 3.63) is 54.4 Å². The average Bonchev–Trinajstić information content (AvgIpc) is 3.60. The number of hydrogen-bond donors (Lipinski definition) is 4. The Morgan fingerprint density at radius 3 is 2.59 bits per heavy atom. The summed E-state index contributed by atoms with van der Waals surface area (Å²) >= 11 is 0. The van der Waals surface area contributed by atoms with Crippen LogP contribution in [0, 0.1) is 0 Å². The number of carbonyl (C=O) groups excluding carboxylic acids is 1. The summed E-state index contributed by atoms with van der Waals surface area (Å²) in [4.78, 5) is 32.0. The van der Waals surface area contributed by atoms with Crippen LogP contribution in [0.1, 0.15) is 25.5 Å². The molecule has 3 aromatic heterocycles. The van der Waals surface area contributed by atoms with E-state index in [0.29, 0.717) is 18.2 Å². The van der Waals surface area contributed by atoms with Gasteiger partial charge in [-0.3, -0.25) is 9.89 Å². The summed E-state index contributed by atoms with van der Waals surface area (Å²) in [5.41, 5.74) is 12.9. The molecule has 0 spiro atoms. The molecule has 0 unspecified atom stereocenters. The number of halogens is 3. The third kappa shape index (κ3) is 5.11. The second kappa shape index (κ2) is 10.1. The summed E-state index contributed by atoms with van der Waals surface area (Å²) in [5, 5.41) is 19.5. The lowest BCUT2D eigenvalue weighted by atomic mass is 10.0. The zero-order valence-corrected chi connectivity index (χ0v) is 22.1. The van der Waals surface area contributed by atoms with Crippen LogP contribution in [-0.2, 0) is 16.0 Å². The normalized spacial score (nSPS) is 13.0. The quantitative estimate of drug-likeness (QED) is 0.236. The first-order valence-corrected chi connectivity index (χ1v) is 12.4. The Balaban J connectivity index is 0.000000431. The number of hydrogen-bond acceptors (Lipinski definition) is 7. The maximum atomic E-state index is 12.0. The van der Waals surface area contributed by atoms with E-state index in [-0.39, 0.29) is 11.9 Å². The fraction of sp³-hybridized carbons (Fsp3) is 0.222. The molecule has 1 aliphatic heterocycles. The number of anilines is 4. The Morgan fingerprint density at radius 2 is 1.90 bits per heavy atom. The number of carboxylic acid groups (broad SMARTS) is 1. The van der Waals surface area contributed by atoms with Gasteiger partial charge in [0.1, 0.15) is 11.5 Å². The lowest BCUT2D eigenvalue weighted by Gasteiger charge is -2.13. The predicted molar refractivity (Wildman–Crippen MR) is 148 cm³/mol. The van der Waals surface area contributed by atoms with Crippen molar-refractivity contribution in [3.8, 4) is 11.1 Å². The molecule has 0 aliphatic carbocycles. The van der Waals surface area contributed by atoms with E-state index in [1.165, 1.54) is 0 Å². The molecule has 11 nitrogen and oxygen atoms in total. The van der Waals surface area contributed by atoms with Crippen molar-refractivity contribution >= 4 is 57.0 Å². The number of aromatic nitrogens is 5. The lowest BCUT2D eigenvalue weighted by Crippen LogP contribution is -2.21. The summed E-state index contributed by atoms with van der Waals surface area (Å²) in [6, 6.07) is 12.1. The lowest BCUT2D eigenvalue weighted by molar-refractivity contribution is -0.192. The minimum absolute atomic E-state index is 0.0870. The van der Waals surface area contributed by atoms with Crippen LogP contribution in [0.15, 0.2) is 48.8 Å². The zero-order chi connectivity index (χ0) is 29.6. The van der Waals surface area contributed by atoms with E-state index < -0.39 is 12.1 Å². The number of fused-ring (bicyclic) bond motifs is 3. The summed E-state index contributed by atoms with van der Waals surface area (Å²) in [6.07, 6.45) is -0.747. The number of H-pyrrole nitrogens is 1. The number of nitrogens with two attached hydrogens (primary N) is 1. The van der Waals surface area contributed by atoms with Gasteiger partial charge in [0.25, 0.3) is 0 Å². The Kier molecular flexibility index (Phi) is 6.77. The highest BCUT2D eigenvalue weighted by atomic mass is 19.4. The molecule has 1 aliphatic rings. The molecule has 2 aromatic carbocycles. The third-order valence-electron chi connectivity index (χ3n) is 6.69. The Morgan fingerprint density at radius 1 is 1.17 bits per heavy atom. The van der Waals surface area contributed by atoms with Crippen LogP contribution >= 0.6 is 0 Å². The number of carboxylic acids is 1. The second-order valence-electron chi connectivity index (χ2n) is 9.71. The number of aliphatic carboxylic acids is 1. The average molecular weight is 567 g/mol. The number of likely N-dealkylation sites (N-methyl/N-ethyl adjacent to an activating group) is 1. The standard InChI is InChI=1S/C25H24N8O.C2HF3O2/c1-13(2)33-12-18(16-5-4-6-19-17(16)11-27-31-19)22-23(26)29-25(30-24(22)33)28-15-8-7-14-9-21(34)32(3)20(14)10-15;3-2(4,5)1(6)7/h4-8,10-13H,9H2,1-3H3,(H,27,31)(H3,26,28,29,30);(H,6,7). The van der Waals surface area contributed by atoms with Gasteiger partial charge in [0.15, 0.2) is 0 Å². The molecule has 0 radical (unpaired) electrons. The number of aromatic amines is 1. The van der Waals surface area contributed by atoms with Gasteiger partial charge in [-0.25, -0.2) is 4.79 Å². The van der Waals surface area contributed by atoms with Gasteiger partial charge in [-0.1, -0.05) is 18.2 Å². The largest absolute Gasteiger partial charge is 0.490 e. The molecule has 5 aromatic rings. The van der Waals surface area contributed by atoms with Crippen molar-refractivity contribution in [2.45, 2.75) is 32.5 Å². The van der Waals surface area contributed by atoms with Gasteiger partial charge in [-0.05, 0) is 43.2 Å². The first-order chi connectivity index (χ1) is 19.3. The van der Waals surface area contributed by atoms with E-state index in [4.69, 9.17) is 20.6 Å². The monoisotopic (exact) mass is 566 g/mol. The highest BCUT2D eigenvalue weighted by Crippen LogP contribution is 2.38. The van der Waals surface area contributed by atoms with Gasteiger partial charge in [0, 0.05) is 41.6 Å². The molecule has 0 saturated heterocycles. The third-order valence-corrected chi connectivity index (χ3v) is 6.69. The summed E-state index contributed by atoms with van der Waals surface area (Å²) in [5.74, 6) is -1.86. The zero-order valence-electron chi connectivity index (χ0n) is 22.1. The van der Waals surface area contributed by atoms with E-state index >= 15 is 0 Å². The number of nitrogen functional groups attached to an aromatic ring is 1. The van der Waals surface area contributed by atoms with Crippen LogP contribution < -0.4 is 16.0 Å². The first-order valence-electron chi connectivity index (χ1n) is 12.4. The maximum Gasteiger partial charge on any atom is 0.490 e. The molecule has 5 N–H and O–H groups in total. The number of alkyl halides is 3. The number of carbonyl (C=O) groups is 2. The smallest absolute Gasteiger partial charge is 0.475 e. The molecule has 6 rings (SSSR count). The fourth-order valence-corrected chi connectivity index (χ4v) is 4.68. The number of rotatable bonds is 4. The summed E-state index contributed by atoms with van der Waals surface area (Å²) in [7, 11) is 1.79. The first kappa shape index (κ1) is 27.4. The number of amides is 1. The minimum atomic E-state index is -5.08. The van der Waals surface area contributed by atoms with Gasteiger partial charge in [0.2, 0.25) is 11.9 Å². The van der Waals surface area contributed by atoms with Crippen LogP contribution in [0.5, 0.6) is 0 Å². The van der Waals surface area contributed by atoms with Crippen molar-refractivity contribution in [3.63, 3.8) is 0 Å². The van der Waals surface area contributed by atoms with Crippen LogP contribution in [0.4, 0.5) is 36.3 Å². The molecule has 1 amide bonds. The Labute approximate surface area is 230 Å². The van der Waals surface area contributed by atoms with E-state index in [1.807, 2.05) is 36.5 Å². The molecule has 41 heavy (non-hydrogen) atoms. The molecule has 4 heterocycles. The van der Waals surface area contributed by atoms with E-state index in [9.17, 15) is 18.0 Å². The van der Waals surface area contributed by atoms with Gasteiger partial charge in [-0.2, -0.15) is 28.2 Å². The highest BCUT2D eigenvalue weighted by Gasteiger charge is 2.38. The summed E-state index contributed by atoms with van der Waals surface area (Å²) < 4.78 is 33.8. The van der Waals surface area contributed by atoms with Crippen LogP contribution in [0.2, 0.25) is 0 Å². The van der Waals surface area contributed by atoms with Gasteiger partial charge in [0.05, 0.1) is 23.5 Å². The minimum Gasteiger partial charge on any atom is -0.475 e. The molecule has 0 bridgehead atoms. The fourth-order valence-electron chi connectivity index (χ4n) is 4.68. The number of benzene rings is 2. The molecule has 212 valence electrons. The highest BCUT2D eigenvalue weighted by molar-refractivity contribution is 6.07. The topological polar surface area (TPSA) is 155 Å². The van der Waals surface area contributed by atoms with Crippen molar-refractivity contribution in [1.82, 2.24) is 24.7 Å². The summed E-state index contributed by atoms with van der Waals surface area (Å²) in [6.45, 7) is 4.22. The molecular weight excluding hydrogens is 541 g/mol. The second-order valence-corrected chi connectivity index (χ2v) is 9.71. The van der Waals surface area contributed by atoms with Crippen molar-refractivity contribution in [2.75, 3.05) is 23.0 Å². The van der Waals surface area contributed by atoms with Crippen molar-refractivity contribution in [1.29, 1.82) is 0 Å². The van der Waals surface area contributed by atoms with E-state index in [1.54, 1.807) is 11.9 Å². The Bertz CT molecular complexity index is 1810. The SMILES string of the molecule is CC(C)n1cc(-c2cccc3[nH]ncc23)c2c(N)nc(Nc3ccc4c(c3)N(C)C(=O)C4)nc21.O=C(O)C(F)(F)F. The molecule has 0 atom stereocenters. The predicted octanol–water partition coefficient (Wildman–Crippen LogP) is 5.03. The van der Waals surface area contributed by atoms with Gasteiger partial charge in [-0.15, -0.1) is 0 Å². The molecule has 14 heteroatoms. The Hall–Kier alpha value is -5.14. The van der Waals surface area contributed by atoms with Crippen LogP contribution in [0.3, 0.4) is 0 Å². The molecule has 0 fully saturated rings. The van der Waals surface area contributed by atoms with Gasteiger partial charge < -0.3 is 25.6 Å². The maximum absolute atomic E-state index is 12.0. The molecular formula is C27H25F3N8O3. The van der Waals surface area contributed by atoms with Crippen LogP contribution in [0.25, 0.3) is 33.1 Å². The van der Waals surface area contributed by atoms with Crippen molar-refractivity contribution < 1.29 is 27.9 Å². The van der Waals surface area contributed by atoms with E-state index in [2.05, 4.69) is 51.2 Å². The van der Waals surface area contributed by atoms with Crippen LogP contribution in [-0.4, -0.2) is 54.9 Å². The van der Waals surface area contributed by atoms with E-state index in [0.717, 1.165) is 50.0 Å². The molecule has 0 saturated carbocycles. The number of nitrogens with zero attached hydrogens (tertiary/aromatic N) is 5. The van der Waals surface area contributed by atoms with Crippen molar-refractivity contribution in [2.24, 2.45) is 0 Å². The van der Waals surface area contributed by atoms with Gasteiger partial charge >= 0.3 is 12.1 Å².